The molecule has 2 heterocycles. The predicted molar refractivity (Wildman–Crippen MR) is 65.7 cm³/mol. The van der Waals surface area contributed by atoms with Crippen molar-refractivity contribution in [2.45, 2.75) is 6.54 Å². The second kappa shape index (κ2) is 4.97. The molecule has 0 radical (unpaired) electrons. The fraction of sp³-hybridized carbons (Fsp3) is 0.0909. The van der Waals surface area contributed by atoms with E-state index >= 15 is 0 Å². The largest absolute Gasteiger partial charge is 0.334 e. The number of aromatic nitrogens is 2. The van der Waals surface area contributed by atoms with E-state index in [1.165, 1.54) is 22.9 Å². The van der Waals surface area contributed by atoms with Gasteiger partial charge in [-0.3, -0.25) is 14.9 Å². The van der Waals surface area contributed by atoms with Gasteiger partial charge in [0.15, 0.2) is 0 Å². The van der Waals surface area contributed by atoms with Crippen LogP contribution in [0.3, 0.4) is 0 Å². The summed E-state index contributed by atoms with van der Waals surface area (Å²) in [5, 5.41) is 10.9. The molecule has 0 aliphatic heterocycles. The molecule has 0 saturated heterocycles. The van der Waals surface area contributed by atoms with Crippen molar-refractivity contribution in [2.75, 3.05) is 0 Å². The number of rotatable bonds is 3. The van der Waals surface area contributed by atoms with Gasteiger partial charge in [-0.15, -0.1) is 0 Å². The summed E-state index contributed by atoms with van der Waals surface area (Å²) >= 11 is 5.73. The average Bonchev–Trinajstić information content (AvgIpc) is 2.31. The third-order valence-corrected chi connectivity index (χ3v) is 2.51. The van der Waals surface area contributed by atoms with E-state index in [0.717, 1.165) is 0 Å². The van der Waals surface area contributed by atoms with Gasteiger partial charge in [0.2, 0.25) is 0 Å². The van der Waals surface area contributed by atoms with Crippen molar-refractivity contribution >= 4 is 17.3 Å². The molecule has 0 spiro atoms. The van der Waals surface area contributed by atoms with Gasteiger partial charge >= 0.3 is 11.2 Å². The fourth-order valence-electron chi connectivity index (χ4n) is 1.50. The summed E-state index contributed by atoms with van der Waals surface area (Å²) in [6.07, 6.45) is 1.47. The topological polar surface area (TPSA) is 78.0 Å². The third-order valence-electron chi connectivity index (χ3n) is 2.30. The molecule has 0 bridgehead atoms. The van der Waals surface area contributed by atoms with Gasteiger partial charge in [-0.25, -0.2) is 4.98 Å². The van der Waals surface area contributed by atoms with Crippen LogP contribution in [-0.2, 0) is 6.54 Å². The predicted octanol–water partition coefficient (Wildman–Crippen LogP) is 1.85. The monoisotopic (exact) mass is 265 g/mol. The van der Waals surface area contributed by atoms with E-state index in [2.05, 4.69) is 4.98 Å². The highest BCUT2D eigenvalue weighted by atomic mass is 35.5. The molecule has 2 aromatic heterocycles. The van der Waals surface area contributed by atoms with Crippen LogP contribution in [0.2, 0.25) is 5.15 Å². The summed E-state index contributed by atoms with van der Waals surface area (Å²) in [5.74, 6) is 0. The molecule has 0 unspecified atom stereocenters. The molecule has 18 heavy (non-hydrogen) atoms. The standard InChI is InChI=1S/C11H8ClN3O3/c12-10-5-1-3-8(13-10)7-14-6-2-4-9(11(14)16)15(17)18/h1-6H,7H2. The molecular formula is C11H8ClN3O3. The Morgan fingerprint density at radius 1 is 1.33 bits per heavy atom. The number of pyridine rings is 2. The van der Waals surface area contributed by atoms with Crippen molar-refractivity contribution < 1.29 is 4.92 Å². The van der Waals surface area contributed by atoms with Crippen molar-refractivity contribution in [3.8, 4) is 0 Å². The number of halogens is 1. The van der Waals surface area contributed by atoms with Gasteiger partial charge in [0.05, 0.1) is 17.2 Å². The van der Waals surface area contributed by atoms with Gasteiger partial charge in [0.25, 0.3) is 0 Å². The molecule has 0 aliphatic rings. The first-order valence-corrected chi connectivity index (χ1v) is 5.41. The minimum atomic E-state index is -0.704. The Kier molecular flexibility index (Phi) is 3.38. The zero-order chi connectivity index (χ0) is 13.1. The summed E-state index contributed by atoms with van der Waals surface area (Å²) in [6.45, 7) is 0.140. The highest BCUT2D eigenvalue weighted by Crippen LogP contribution is 2.07. The second-order valence-electron chi connectivity index (χ2n) is 3.54. The van der Waals surface area contributed by atoms with E-state index in [4.69, 9.17) is 11.6 Å². The first kappa shape index (κ1) is 12.3. The Morgan fingerprint density at radius 2 is 2.11 bits per heavy atom. The summed E-state index contributed by atoms with van der Waals surface area (Å²) in [6, 6.07) is 7.62. The fourth-order valence-corrected chi connectivity index (χ4v) is 1.68. The zero-order valence-corrected chi connectivity index (χ0v) is 9.87. The van der Waals surface area contributed by atoms with Crippen LogP contribution >= 0.6 is 11.6 Å². The van der Waals surface area contributed by atoms with E-state index in [9.17, 15) is 14.9 Å². The van der Waals surface area contributed by atoms with E-state index < -0.39 is 16.2 Å². The third kappa shape index (κ3) is 2.54. The van der Waals surface area contributed by atoms with Crippen LogP contribution in [0.1, 0.15) is 5.69 Å². The molecule has 6 nitrogen and oxygen atoms in total. The smallest absolute Gasteiger partial charge is 0.304 e. The molecule has 0 saturated carbocycles. The van der Waals surface area contributed by atoms with E-state index in [1.807, 2.05) is 0 Å². The van der Waals surface area contributed by atoms with Gasteiger partial charge in [0.1, 0.15) is 5.15 Å². The van der Waals surface area contributed by atoms with Crippen molar-refractivity contribution in [2.24, 2.45) is 0 Å². The molecule has 0 N–H and O–H groups in total. The summed E-state index contributed by atoms with van der Waals surface area (Å²) in [5.41, 5.74) is -0.561. The second-order valence-corrected chi connectivity index (χ2v) is 3.92. The minimum absolute atomic E-state index is 0.140. The van der Waals surface area contributed by atoms with Gasteiger partial charge < -0.3 is 4.57 Å². The van der Waals surface area contributed by atoms with Crippen molar-refractivity contribution in [1.82, 2.24) is 9.55 Å². The lowest BCUT2D eigenvalue weighted by atomic mass is 10.3. The maximum absolute atomic E-state index is 11.8. The Balaban J connectivity index is 2.38. The molecular weight excluding hydrogens is 258 g/mol. The Morgan fingerprint density at radius 3 is 2.78 bits per heavy atom. The Hall–Kier alpha value is -2.21. The molecule has 2 rings (SSSR count). The van der Waals surface area contributed by atoms with Crippen LogP contribution in [0.15, 0.2) is 41.3 Å². The molecule has 0 amide bonds. The highest BCUT2D eigenvalue weighted by molar-refractivity contribution is 6.29. The van der Waals surface area contributed by atoms with Gasteiger partial charge in [-0.05, 0) is 18.2 Å². The van der Waals surface area contributed by atoms with Crippen molar-refractivity contribution in [1.29, 1.82) is 0 Å². The van der Waals surface area contributed by atoms with Crippen LogP contribution in [0.25, 0.3) is 0 Å². The minimum Gasteiger partial charge on any atom is -0.304 e. The maximum Gasteiger partial charge on any atom is 0.334 e. The number of hydrogen-bond acceptors (Lipinski definition) is 4. The number of hydrogen-bond donors (Lipinski definition) is 0. The SMILES string of the molecule is O=c1c([N+](=O)[O-])cccn1Cc1cccc(Cl)n1. The lowest BCUT2D eigenvalue weighted by Gasteiger charge is -2.04. The average molecular weight is 266 g/mol. The first-order valence-electron chi connectivity index (χ1n) is 5.03. The maximum atomic E-state index is 11.8. The van der Waals surface area contributed by atoms with Gasteiger partial charge in [0, 0.05) is 12.3 Å². The lowest BCUT2D eigenvalue weighted by molar-refractivity contribution is -0.386. The number of nitro groups is 1. The van der Waals surface area contributed by atoms with E-state index in [0.29, 0.717) is 10.8 Å². The van der Waals surface area contributed by atoms with Crippen LogP contribution in [-0.4, -0.2) is 14.5 Å². The lowest BCUT2D eigenvalue weighted by Crippen LogP contribution is -2.22. The van der Waals surface area contributed by atoms with E-state index in [-0.39, 0.29) is 6.54 Å². The summed E-state index contributed by atoms with van der Waals surface area (Å²) < 4.78 is 1.22. The molecule has 92 valence electrons. The first-order chi connectivity index (χ1) is 8.58. The zero-order valence-electron chi connectivity index (χ0n) is 9.12. The quantitative estimate of drug-likeness (QED) is 0.482. The van der Waals surface area contributed by atoms with Crippen molar-refractivity contribution in [3.05, 3.63) is 67.8 Å². The van der Waals surface area contributed by atoms with Crippen LogP contribution in [0, 0.1) is 10.1 Å². The summed E-state index contributed by atoms with van der Waals surface area (Å²) in [4.78, 5) is 25.7. The molecule has 0 aliphatic carbocycles. The molecule has 2 aromatic rings. The summed E-state index contributed by atoms with van der Waals surface area (Å²) in [7, 11) is 0. The molecule has 0 fully saturated rings. The number of nitrogens with zero attached hydrogens (tertiary/aromatic N) is 3. The molecule has 0 atom stereocenters. The van der Waals surface area contributed by atoms with Gasteiger partial charge in [-0.1, -0.05) is 17.7 Å². The van der Waals surface area contributed by atoms with Crippen LogP contribution in [0.5, 0.6) is 0 Å². The molecule has 7 heteroatoms. The Bertz CT molecular complexity index is 654. The Labute approximate surface area is 107 Å². The normalized spacial score (nSPS) is 10.3. The van der Waals surface area contributed by atoms with E-state index in [1.54, 1.807) is 18.2 Å². The molecule has 0 aromatic carbocycles. The van der Waals surface area contributed by atoms with Crippen molar-refractivity contribution in [3.63, 3.8) is 0 Å². The van der Waals surface area contributed by atoms with Crippen LogP contribution in [0.4, 0.5) is 5.69 Å². The van der Waals surface area contributed by atoms with Crippen LogP contribution < -0.4 is 5.56 Å². The van der Waals surface area contributed by atoms with Gasteiger partial charge in [-0.2, -0.15) is 0 Å². The highest BCUT2D eigenvalue weighted by Gasteiger charge is 2.13.